The van der Waals surface area contributed by atoms with Gasteiger partial charge in [0.25, 0.3) is 0 Å². The number of aryl methyl sites for hydroxylation is 1. The highest BCUT2D eigenvalue weighted by atomic mass is 79.9. The largest absolute Gasteiger partial charge is 0.346 e. The van der Waals surface area contributed by atoms with E-state index >= 15 is 0 Å². The van der Waals surface area contributed by atoms with Crippen molar-refractivity contribution in [2.45, 2.75) is 26.4 Å². The fourth-order valence-electron chi connectivity index (χ4n) is 3.21. The first-order chi connectivity index (χ1) is 13.4. The average Bonchev–Trinajstić information content (AvgIpc) is 2.95. The Morgan fingerprint density at radius 3 is 2.33 bits per heavy atom. The van der Waals surface area contributed by atoms with Gasteiger partial charge in [0.1, 0.15) is 0 Å². The average molecular weight is 561 g/mol. The Morgan fingerprint density at radius 1 is 1.03 bits per heavy atom. The summed E-state index contributed by atoms with van der Waals surface area (Å²) < 4.78 is 3.50. The van der Waals surface area contributed by atoms with E-state index in [1.807, 2.05) is 34.9 Å². The molecule has 0 aliphatic carbocycles. The number of imidazole rings is 1. The molecule has 0 spiro atoms. The van der Waals surface area contributed by atoms with Crippen molar-refractivity contribution in [2.24, 2.45) is 0 Å². The lowest BCUT2D eigenvalue weighted by atomic mass is 10.1. The molecule has 0 saturated heterocycles. The van der Waals surface area contributed by atoms with Crippen LogP contribution in [0.3, 0.4) is 0 Å². The van der Waals surface area contributed by atoms with E-state index in [0.717, 1.165) is 11.0 Å². The van der Waals surface area contributed by atoms with Gasteiger partial charge in [-0.1, -0.05) is 48.0 Å². The number of hydrogen-bond acceptors (Lipinski definition) is 3. The summed E-state index contributed by atoms with van der Waals surface area (Å²) in [6.45, 7) is 2.71. The number of carbonyl (C=O) groups is 2. The third-order valence-corrected chi connectivity index (χ3v) is 5.15. The molecule has 0 fully saturated rings. The molecule has 1 N–H and O–H groups in total. The van der Waals surface area contributed by atoms with E-state index in [9.17, 15) is 9.59 Å². The smallest absolute Gasteiger partial charge is 0.219 e. The number of Topliss-reactive ketones (excluding diaryl/α,β-unsaturated/α-hetero) is 1. The van der Waals surface area contributed by atoms with Crippen molar-refractivity contribution in [3.05, 3.63) is 64.7 Å². The Labute approximate surface area is 201 Å². The van der Waals surface area contributed by atoms with Gasteiger partial charge in [-0.05, 0) is 18.6 Å². The van der Waals surface area contributed by atoms with Gasteiger partial charge in [0.2, 0.25) is 11.5 Å². The maximum Gasteiger partial charge on any atom is 0.219 e. The minimum atomic E-state index is -0.0607. The maximum atomic E-state index is 12.7. The number of fused-ring (bicyclic) bond motifs is 1. The molecule has 0 bridgehead atoms. The van der Waals surface area contributed by atoms with Crippen molar-refractivity contribution < 1.29 is 9.59 Å². The summed E-state index contributed by atoms with van der Waals surface area (Å²) in [6.07, 6.45) is 0.684. The Hall–Kier alpha value is -1.90. The molecule has 0 aliphatic heterocycles. The third kappa shape index (κ3) is 5.62. The topological polar surface area (TPSA) is 71.1 Å². The number of aromatic nitrogens is 2. The zero-order valence-corrected chi connectivity index (χ0v) is 21.0. The molecule has 1 amide bonds. The van der Waals surface area contributed by atoms with Gasteiger partial charge < -0.3 is 14.0 Å². The first-order valence-corrected chi connectivity index (χ1v) is 9.50. The van der Waals surface area contributed by atoms with E-state index in [2.05, 4.69) is 0 Å². The molecule has 3 rings (SSSR count). The lowest BCUT2D eigenvalue weighted by Crippen LogP contribution is -2.29. The number of benzene rings is 2. The van der Waals surface area contributed by atoms with Crippen LogP contribution in [0.2, 0.25) is 5.02 Å². The zero-order chi connectivity index (χ0) is 20.3. The number of rotatable bonds is 7. The van der Waals surface area contributed by atoms with Gasteiger partial charge >= 0.3 is 0 Å². The monoisotopic (exact) mass is 558 g/mol. The van der Waals surface area contributed by atoms with Crippen LogP contribution in [0.5, 0.6) is 0 Å². The highest BCUT2D eigenvalue weighted by molar-refractivity contribution is 8.93. The highest BCUT2D eigenvalue weighted by Crippen LogP contribution is 2.23. The molecule has 0 unspecified atom stereocenters. The summed E-state index contributed by atoms with van der Waals surface area (Å²) in [6, 6.07) is 14.5. The summed E-state index contributed by atoms with van der Waals surface area (Å²) in [5, 5.41) is 9.17. The molecule has 162 valence electrons. The quantitative estimate of drug-likeness (QED) is 0.433. The molecule has 0 saturated carbocycles. The summed E-state index contributed by atoms with van der Waals surface area (Å²) >= 11 is 6.43. The van der Waals surface area contributed by atoms with Crippen LogP contribution in [0.4, 0.5) is 0 Å². The van der Waals surface area contributed by atoms with Gasteiger partial charge in [-0.25, -0.2) is 0 Å². The molecular formula is C21H25Br2ClN4O2. The van der Waals surface area contributed by atoms with E-state index in [4.69, 9.17) is 17.0 Å². The Morgan fingerprint density at radius 2 is 1.70 bits per heavy atom. The number of carbonyl (C=O) groups excluding carboxylic acids is 2. The number of hydrogen-bond donors (Lipinski definition) is 1. The standard InChI is InChI=1S/C21H23ClN4O2.2BrH/c1-15(27)24(2)12-7-13-25-20-17(22)10-6-11-18(20)26(21(25)23)14-19(28)16-8-4-3-5-9-16;;/h3-6,8-11,23H,7,12-14H2,1-2H3;2*1H. The van der Waals surface area contributed by atoms with E-state index in [1.54, 1.807) is 34.7 Å². The fraction of sp³-hybridized carbons (Fsp3) is 0.286. The predicted octanol–water partition coefficient (Wildman–Crippen LogP) is 4.48. The second-order valence-electron chi connectivity index (χ2n) is 6.75. The van der Waals surface area contributed by atoms with Crippen molar-refractivity contribution in [1.82, 2.24) is 14.0 Å². The van der Waals surface area contributed by atoms with Gasteiger partial charge in [-0.15, -0.1) is 34.0 Å². The van der Waals surface area contributed by atoms with Crippen LogP contribution in [0.25, 0.3) is 11.0 Å². The molecule has 0 radical (unpaired) electrons. The van der Waals surface area contributed by atoms with Crippen molar-refractivity contribution in [2.75, 3.05) is 13.6 Å². The normalized spacial score (nSPS) is 10.2. The molecule has 9 heteroatoms. The second kappa shape index (κ2) is 11.5. The van der Waals surface area contributed by atoms with Crippen molar-refractivity contribution in [1.29, 1.82) is 5.41 Å². The Balaban J connectivity index is 0.00000225. The molecule has 6 nitrogen and oxygen atoms in total. The molecule has 1 heterocycles. The zero-order valence-electron chi connectivity index (χ0n) is 16.8. The number of nitrogens with zero attached hydrogens (tertiary/aromatic N) is 3. The first-order valence-electron chi connectivity index (χ1n) is 9.12. The van der Waals surface area contributed by atoms with Gasteiger partial charge in [0.15, 0.2) is 5.78 Å². The van der Waals surface area contributed by atoms with Gasteiger partial charge in [-0.3, -0.25) is 15.0 Å². The molecule has 0 atom stereocenters. The van der Waals surface area contributed by atoms with E-state index in [-0.39, 0.29) is 57.8 Å². The van der Waals surface area contributed by atoms with Crippen LogP contribution < -0.4 is 5.62 Å². The van der Waals surface area contributed by atoms with Crippen LogP contribution >= 0.6 is 45.6 Å². The second-order valence-corrected chi connectivity index (χ2v) is 7.16. The van der Waals surface area contributed by atoms with Crippen LogP contribution in [0, 0.1) is 5.41 Å². The summed E-state index contributed by atoms with van der Waals surface area (Å²) in [5.41, 5.74) is 2.32. The van der Waals surface area contributed by atoms with Crippen LogP contribution in [0.1, 0.15) is 23.7 Å². The van der Waals surface area contributed by atoms with E-state index < -0.39 is 0 Å². The lowest BCUT2D eigenvalue weighted by Gasteiger charge is -2.14. The number of nitrogens with one attached hydrogen (secondary N) is 1. The summed E-state index contributed by atoms with van der Waals surface area (Å²) in [7, 11) is 1.75. The first kappa shape index (κ1) is 26.1. The minimum Gasteiger partial charge on any atom is -0.346 e. The Bertz CT molecular complexity index is 1080. The predicted molar refractivity (Wildman–Crippen MR) is 130 cm³/mol. The van der Waals surface area contributed by atoms with Crippen LogP contribution in [0.15, 0.2) is 48.5 Å². The number of amides is 1. The summed E-state index contributed by atoms with van der Waals surface area (Å²) in [5.74, 6) is -0.0561. The lowest BCUT2D eigenvalue weighted by molar-refractivity contribution is -0.127. The highest BCUT2D eigenvalue weighted by Gasteiger charge is 2.16. The van der Waals surface area contributed by atoms with Crippen molar-refractivity contribution in [3.8, 4) is 0 Å². The number of para-hydroxylation sites is 1. The fourth-order valence-corrected chi connectivity index (χ4v) is 3.49. The van der Waals surface area contributed by atoms with Gasteiger partial charge in [-0.2, -0.15) is 0 Å². The van der Waals surface area contributed by atoms with E-state index in [0.29, 0.717) is 30.1 Å². The molecule has 3 aromatic rings. The van der Waals surface area contributed by atoms with Gasteiger partial charge in [0, 0.05) is 32.6 Å². The SMILES string of the molecule is Br.Br.CC(=O)N(C)CCCn1c(=N)n(CC(=O)c2ccccc2)c2cccc(Cl)c21. The van der Waals surface area contributed by atoms with Crippen molar-refractivity contribution in [3.63, 3.8) is 0 Å². The minimum absolute atomic E-state index is 0. The molecule has 1 aromatic heterocycles. The number of halogens is 3. The van der Waals surface area contributed by atoms with E-state index in [1.165, 1.54) is 6.92 Å². The third-order valence-electron chi connectivity index (χ3n) is 4.85. The van der Waals surface area contributed by atoms with Gasteiger partial charge in [0.05, 0.1) is 22.6 Å². The Kier molecular flexibility index (Phi) is 10.0. The molecule has 2 aromatic carbocycles. The molecular weight excluding hydrogens is 536 g/mol. The molecule has 30 heavy (non-hydrogen) atoms. The maximum absolute atomic E-state index is 12.7. The number of ketones is 1. The van der Waals surface area contributed by atoms with Crippen LogP contribution in [-0.4, -0.2) is 39.3 Å². The van der Waals surface area contributed by atoms with Crippen molar-refractivity contribution >= 4 is 68.3 Å². The molecule has 0 aliphatic rings. The summed E-state index contributed by atoms with van der Waals surface area (Å²) in [4.78, 5) is 25.7. The van der Waals surface area contributed by atoms with Crippen LogP contribution in [-0.2, 0) is 17.9 Å².